The summed E-state index contributed by atoms with van der Waals surface area (Å²) in [6.45, 7) is 3.21. The predicted molar refractivity (Wildman–Crippen MR) is 151 cm³/mol. The molecule has 0 aliphatic heterocycles. The van der Waals surface area contributed by atoms with Crippen molar-refractivity contribution in [2.75, 3.05) is 19.5 Å². The number of carbonyl (C=O) groups is 3. The monoisotopic (exact) mass is 565 g/mol. The van der Waals surface area contributed by atoms with Crippen molar-refractivity contribution in [3.05, 3.63) is 66.6 Å². The van der Waals surface area contributed by atoms with Crippen LogP contribution < -0.4 is 10.9 Å². The number of methoxy groups -OCH3 is 2. The van der Waals surface area contributed by atoms with E-state index < -0.39 is 17.8 Å². The van der Waals surface area contributed by atoms with E-state index >= 15 is 0 Å². The molecule has 9 nitrogen and oxygen atoms in total. The molecule has 202 valence electrons. The minimum absolute atomic E-state index is 0.0722. The smallest absolute Gasteiger partial charge is 0.348 e. The molecular formula is C28H27N3O6S2. The standard InChI is InChI=1S/C28H27N3O6S2/c1-14-8-7-9-16(12-14)23-30-25-21(17-10-5-6-11-18(17)38-25)26(33)31(23)13-19(32)29-24-20(27(34)36-3)15(2)22(39-24)28(35)37-4/h7-9,12H,5-6,10-11,13H2,1-4H3,(H,29,32). The van der Waals surface area contributed by atoms with Gasteiger partial charge in [0.1, 0.15) is 27.1 Å². The van der Waals surface area contributed by atoms with E-state index in [0.29, 0.717) is 21.6 Å². The van der Waals surface area contributed by atoms with E-state index in [0.717, 1.165) is 53.7 Å². The Morgan fingerprint density at radius 3 is 2.51 bits per heavy atom. The Hall–Kier alpha value is -3.83. The normalized spacial score (nSPS) is 12.7. The molecule has 1 aliphatic carbocycles. The molecule has 11 heteroatoms. The summed E-state index contributed by atoms with van der Waals surface area (Å²) >= 11 is 2.48. The van der Waals surface area contributed by atoms with E-state index in [9.17, 15) is 19.2 Å². The second kappa shape index (κ2) is 10.7. The van der Waals surface area contributed by atoms with Crippen molar-refractivity contribution in [2.45, 2.75) is 46.1 Å². The summed E-state index contributed by atoms with van der Waals surface area (Å²) in [5, 5.41) is 3.45. The topological polar surface area (TPSA) is 117 Å². The fourth-order valence-electron chi connectivity index (χ4n) is 4.94. The number of aryl methyl sites for hydroxylation is 3. The van der Waals surface area contributed by atoms with Crippen LogP contribution in [0.25, 0.3) is 21.6 Å². The molecule has 3 heterocycles. The third kappa shape index (κ3) is 4.87. The maximum atomic E-state index is 14.0. The summed E-state index contributed by atoms with van der Waals surface area (Å²) < 4.78 is 11.1. The molecule has 0 atom stereocenters. The Balaban J connectivity index is 1.60. The molecule has 0 fully saturated rings. The van der Waals surface area contributed by atoms with Gasteiger partial charge in [-0.1, -0.05) is 23.8 Å². The van der Waals surface area contributed by atoms with E-state index in [4.69, 9.17) is 14.5 Å². The van der Waals surface area contributed by atoms with Crippen LogP contribution in [0.15, 0.2) is 29.1 Å². The van der Waals surface area contributed by atoms with Crippen molar-refractivity contribution in [1.29, 1.82) is 0 Å². The summed E-state index contributed by atoms with van der Waals surface area (Å²) in [7, 11) is 2.46. The van der Waals surface area contributed by atoms with Crippen LogP contribution in [0.1, 0.15) is 54.4 Å². The number of carbonyl (C=O) groups excluding carboxylic acids is 3. The molecule has 0 unspecified atom stereocenters. The second-order valence-electron chi connectivity index (χ2n) is 9.38. The number of fused-ring (bicyclic) bond motifs is 3. The quantitative estimate of drug-likeness (QED) is 0.331. The Labute approximate surface area is 232 Å². The molecule has 0 saturated carbocycles. The maximum Gasteiger partial charge on any atom is 0.348 e. The van der Waals surface area contributed by atoms with Gasteiger partial charge in [0.25, 0.3) is 5.56 Å². The lowest BCUT2D eigenvalue weighted by atomic mass is 9.97. The maximum absolute atomic E-state index is 14.0. The van der Waals surface area contributed by atoms with Crippen molar-refractivity contribution < 1.29 is 23.9 Å². The van der Waals surface area contributed by atoms with E-state index in [1.807, 2.05) is 31.2 Å². The van der Waals surface area contributed by atoms with Crippen molar-refractivity contribution in [3.63, 3.8) is 0 Å². The Kier molecular flexibility index (Phi) is 7.37. The van der Waals surface area contributed by atoms with Crippen LogP contribution in [0, 0.1) is 13.8 Å². The third-order valence-corrected chi connectivity index (χ3v) is 9.19. The fourth-order valence-corrected chi connectivity index (χ4v) is 7.32. The highest BCUT2D eigenvalue weighted by molar-refractivity contribution is 7.19. The number of hydrogen-bond donors (Lipinski definition) is 1. The molecule has 0 saturated heterocycles. The zero-order chi connectivity index (χ0) is 27.8. The van der Waals surface area contributed by atoms with Gasteiger partial charge in [0, 0.05) is 10.4 Å². The van der Waals surface area contributed by atoms with Gasteiger partial charge in [0.2, 0.25) is 5.91 Å². The highest BCUT2D eigenvalue weighted by Crippen LogP contribution is 2.36. The van der Waals surface area contributed by atoms with Gasteiger partial charge in [-0.15, -0.1) is 22.7 Å². The highest BCUT2D eigenvalue weighted by atomic mass is 32.1. The number of thiophene rings is 2. The van der Waals surface area contributed by atoms with Gasteiger partial charge < -0.3 is 14.8 Å². The molecule has 1 amide bonds. The van der Waals surface area contributed by atoms with Gasteiger partial charge in [-0.25, -0.2) is 14.6 Å². The first-order chi connectivity index (χ1) is 18.7. The number of esters is 2. The van der Waals surface area contributed by atoms with Gasteiger partial charge in [-0.2, -0.15) is 0 Å². The average Bonchev–Trinajstić information content (AvgIpc) is 3.46. The van der Waals surface area contributed by atoms with Gasteiger partial charge in [-0.05, 0) is 56.7 Å². The molecule has 0 spiro atoms. The molecule has 1 aromatic carbocycles. The van der Waals surface area contributed by atoms with E-state index in [-0.39, 0.29) is 27.5 Å². The molecule has 1 aliphatic rings. The zero-order valence-corrected chi connectivity index (χ0v) is 23.6. The lowest BCUT2D eigenvalue weighted by Gasteiger charge is -2.14. The fraction of sp³-hybridized carbons (Fsp3) is 0.321. The van der Waals surface area contributed by atoms with E-state index in [1.54, 1.807) is 18.3 Å². The summed E-state index contributed by atoms with van der Waals surface area (Å²) in [5.74, 6) is -1.47. The van der Waals surface area contributed by atoms with Crippen molar-refractivity contribution >= 4 is 55.7 Å². The van der Waals surface area contributed by atoms with Crippen LogP contribution >= 0.6 is 22.7 Å². The van der Waals surface area contributed by atoms with Crippen molar-refractivity contribution in [2.24, 2.45) is 0 Å². The number of rotatable bonds is 6. The highest BCUT2D eigenvalue weighted by Gasteiger charge is 2.28. The second-order valence-corrected chi connectivity index (χ2v) is 11.5. The first kappa shape index (κ1) is 26.8. The van der Waals surface area contributed by atoms with Crippen LogP contribution in [0.3, 0.4) is 0 Å². The SMILES string of the molecule is COC(=O)c1sc(NC(=O)Cn2c(-c3cccc(C)c3)nc3sc4c(c3c2=O)CCCC4)c(C(=O)OC)c1C. The number of amides is 1. The number of hydrogen-bond acceptors (Lipinski definition) is 9. The van der Waals surface area contributed by atoms with Crippen LogP contribution in [-0.2, 0) is 33.7 Å². The molecule has 4 aromatic rings. The molecular weight excluding hydrogens is 538 g/mol. The molecule has 0 radical (unpaired) electrons. The van der Waals surface area contributed by atoms with E-state index in [2.05, 4.69) is 5.32 Å². The minimum atomic E-state index is -0.695. The molecule has 1 N–H and O–H groups in total. The summed E-state index contributed by atoms with van der Waals surface area (Å²) in [4.78, 5) is 59.1. The van der Waals surface area contributed by atoms with Crippen molar-refractivity contribution in [1.82, 2.24) is 9.55 Å². The van der Waals surface area contributed by atoms with E-state index in [1.165, 1.54) is 23.7 Å². The summed E-state index contributed by atoms with van der Waals surface area (Å²) in [6.07, 6.45) is 3.83. The molecule has 39 heavy (non-hydrogen) atoms. The molecule has 3 aromatic heterocycles. The number of anilines is 1. The third-order valence-electron chi connectivity index (χ3n) is 6.81. The first-order valence-electron chi connectivity index (χ1n) is 12.5. The minimum Gasteiger partial charge on any atom is -0.465 e. The van der Waals surface area contributed by atoms with Gasteiger partial charge in [0.05, 0.1) is 25.2 Å². The Bertz CT molecular complexity index is 1700. The lowest BCUT2D eigenvalue weighted by Crippen LogP contribution is -2.30. The van der Waals surface area contributed by atoms with Gasteiger partial charge >= 0.3 is 11.9 Å². The number of aromatic nitrogens is 2. The Morgan fingerprint density at radius 1 is 1.05 bits per heavy atom. The number of nitrogens with zero attached hydrogens (tertiary/aromatic N) is 2. The Morgan fingerprint density at radius 2 is 1.79 bits per heavy atom. The van der Waals surface area contributed by atoms with Crippen LogP contribution in [-0.4, -0.2) is 41.6 Å². The zero-order valence-electron chi connectivity index (χ0n) is 22.0. The molecule has 5 rings (SSSR count). The van der Waals surface area contributed by atoms with Crippen LogP contribution in [0.5, 0.6) is 0 Å². The van der Waals surface area contributed by atoms with Gasteiger partial charge in [-0.3, -0.25) is 14.2 Å². The number of ether oxygens (including phenoxy) is 2. The first-order valence-corrected chi connectivity index (χ1v) is 14.1. The largest absolute Gasteiger partial charge is 0.465 e. The molecule has 0 bridgehead atoms. The van der Waals surface area contributed by atoms with Gasteiger partial charge in [0.15, 0.2) is 0 Å². The van der Waals surface area contributed by atoms with Crippen LogP contribution in [0.2, 0.25) is 0 Å². The average molecular weight is 566 g/mol. The number of benzene rings is 1. The van der Waals surface area contributed by atoms with Crippen LogP contribution in [0.4, 0.5) is 5.00 Å². The predicted octanol–water partition coefficient (Wildman–Crippen LogP) is 4.89. The lowest BCUT2D eigenvalue weighted by molar-refractivity contribution is -0.116. The number of nitrogens with one attached hydrogen (secondary N) is 1. The summed E-state index contributed by atoms with van der Waals surface area (Å²) in [5.41, 5.74) is 2.91. The van der Waals surface area contributed by atoms with Crippen molar-refractivity contribution in [3.8, 4) is 11.4 Å². The summed E-state index contributed by atoms with van der Waals surface area (Å²) in [6, 6.07) is 7.63.